The molecule has 0 aliphatic carbocycles. The van der Waals surface area contributed by atoms with Gasteiger partial charge in [0, 0.05) is 10.9 Å². The van der Waals surface area contributed by atoms with Crippen LogP contribution in [0.3, 0.4) is 0 Å². The molecular formula is C13H11BrFN3S. The van der Waals surface area contributed by atoms with Crippen molar-refractivity contribution in [2.24, 2.45) is 0 Å². The SMILES string of the molecule is CC(c1cccs1)n1c(N)nc2cc(F)c(Br)cc21. The van der Waals surface area contributed by atoms with E-state index in [1.165, 1.54) is 10.9 Å². The van der Waals surface area contributed by atoms with E-state index in [9.17, 15) is 4.39 Å². The number of hydrogen-bond donors (Lipinski definition) is 1. The summed E-state index contributed by atoms with van der Waals surface area (Å²) < 4.78 is 15.9. The van der Waals surface area contributed by atoms with Gasteiger partial charge in [-0.25, -0.2) is 9.37 Å². The molecule has 0 fully saturated rings. The van der Waals surface area contributed by atoms with Crippen LogP contribution in [0.5, 0.6) is 0 Å². The van der Waals surface area contributed by atoms with E-state index in [0.29, 0.717) is 15.9 Å². The summed E-state index contributed by atoms with van der Waals surface area (Å²) >= 11 is 4.87. The smallest absolute Gasteiger partial charge is 0.201 e. The zero-order valence-corrected chi connectivity index (χ0v) is 12.5. The normalized spacial score (nSPS) is 13.0. The first-order chi connectivity index (χ1) is 9.08. The number of aromatic nitrogens is 2. The van der Waals surface area contributed by atoms with E-state index in [-0.39, 0.29) is 11.9 Å². The highest BCUT2D eigenvalue weighted by atomic mass is 79.9. The lowest BCUT2D eigenvalue weighted by Gasteiger charge is -2.14. The van der Waals surface area contributed by atoms with Crippen LogP contribution in [-0.4, -0.2) is 9.55 Å². The fraction of sp³-hybridized carbons (Fsp3) is 0.154. The maximum atomic E-state index is 13.5. The van der Waals surface area contributed by atoms with Crippen molar-refractivity contribution in [2.45, 2.75) is 13.0 Å². The molecule has 3 aromatic rings. The number of imidazole rings is 1. The highest BCUT2D eigenvalue weighted by molar-refractivity contribution is 9.10. The first-order valence-corrected chi connectivity index (χ1v) is 7.41. The summed E-state index contributed by atoms with van der Waals surface area (Å²) in [5, 5.41) is 2.02. The molecule has 0 aliphatic rings. The quantitative estimate of drug-likeness (QED) is 0.760. The Morgan fingerprint density at radius 2 is 2.26 bits per heavy atom. The van der Waals surface area contributed by atoms with Gasteiger partial charge in [0.15, 0.2) is 0 Å². The van der Waals surface area contributed by atoms with Crippen LogP contribution in [-0.2, 0) is 0 Å². The van der Waals surface area contributed by atoms with Crippen LogP contribution in [0.25, 0.3) is 11.0 Å². The molecule has 1 unspecified atom stereocenters. The summed E-state index contributed by atoms with van der Waals surface area (Å²) in [7, 11) is 0. The minimum atomic E-state index is -0.332. The molecule has 2 aromatic heterocycles. The maximum absolute atomic E-state index is 13.5. The van der Waals surface area contributed by atoms with Crippen molar-refractivity contribution < 1.29 is 4.39 Å². The van der Waals surface area contributed by atoms with Crippen molar-refractivity contribution in [1.82, 2.24) is 9.55 Å². The molecule has 19 heavy (non-hydrogen) atoms. The van der Waals surface area contributed by atoms with Crippen LogP contribution in [0.1, 0.15) is 17.8 Å². The average Bonchev–Trinajstić information content (AvgIpc) is 2.97. The zero-order chi connectivity index (χ0) is 13.6. The molecule has 0 bridgehead atoms. The fourth-order valence-corrected chi connectivity index (χ4v) is 3.28. The fourth-order valence-electron chi connectivity index (χ4n) is 2.17. The van der Waals surface area contributed by atoms with E-state index >= 15 is 0 Å². The first-order valence-electron chi connectivity index (χ1n) is 5.74. The number of anilines is 1. The van der Waals surface area contributed by atoms with Crippen molar-refractivity contribution in [3.63, 3.8) is 0 Å². The number of halogens is 2. The van der Waals surface area contributed by atoms with Gasteiger partial charge in [-0.1, -0.05) is 6.07 Å². The molecule has 3 rings (SSSR count). The Morgan fingerprint density at radius 3 is 2.95 bits per heavy atom. The van der Waals surface area contributed by atoms with Gasteiger partial charge in [0.05, 0.1) is 21.5 Å². The number of rotatable bonds is 2. The average molecular weight is 340 g/mol. The second-order valence-corrected chi connectivity index (χ2v) is 6.12. The van der Waals surface area contributed by atoms with Crippen LogP contribution in [0.4, 0.5) is 10.3 Å². The first kappa shape index (κ1) is 12.6. The largest absolute Gasteiger partial charge is 0.369 e. The zero-order valence-electron chi connectivity index (χ0n) is 10.1. The predicted octanol–water partition coefficient (Wildman–Crippen LogP) is 4.19. The molecule has 0 amide bonds. The van der Waals surface area contributed by atoms with Crippen molar-refractivity contribution in [2.75, 3.05) is 5.73 Å². The van der Waals surface area contributed by atoms with Crippen molar-refractivity contribution in [3.05, 3.63) is 44.8 Å². The Morgan fingerprint density at radius 1 is 1.47 bits per heavy atom. The van der Waals surface area contributed by atoms with E-state index in [4.69, 9.17) is 5.73 Å². The van der Waals surface area contributed by atoms with E-state index < -0.39 is 0 Å². The molecule has 0 radical (unpaired) electrons. The highest BCUT2D eigenvalue weighted by Crippen LogP contribution is 2.31. The molecule has 1 aromatic carbocycles. The van der Waals surface area contributed by atoms with Gasteiger partial charge in [0.2, 0.25) is 5.95 Å². The summed E-state index contributed by atoms with van der Waals surface area (Å²) in [6.07, 6.45) is 0. The van der Waals surface area contributed by atoms with Crippen molar-refractivity contribution in [1.29, 1.82) is 0 Å². The Bertz CT molecular complexity index is 736. The molecule has 1 atom stereocenters. The van der Waals surface area contributed by atoms with E-state index in [1.54, 1.807) is 17.4 Å². The third-order valence-electron chi connectivity index (χ3n) is 3.10. The van der Waals surface area contributed by atoms with Gasteiger partial charge in [0.25, 0.3) is 0 Å². The predicted molar refractivity (Wildman–Crippen MR) is 79.9 cm³/mol. The molecule has 0 spiro atoms. The minimum Gasteiger partial charge on any atom is -0.369 e. The maximum Gasteiger partial charge on any atom is 0.201 e. The molecular weight excluding hydrogens is 329 g/mol. The lowest BCUT2D eigenvalue weighted by Crippen LogP contribution is -2.08. The second kappa shape index (κ2) is 4.61. The van der Waals surface area contributed by atoms with E-state index in [0.717, 1.165) is 5.52 Å². The molecule has 98 valence electrons. The lowest BCUT2D eigenvalue weighted by molar-refractivity contribution is 0.622. The van der Waals surface area contributed by atoms with E-state index in [1.807, 2.05) is 16.0 Å². The number of hydrogen-bond acceptors (Lipinski definition) is 3. The Labute approximate surface area is 122 Å². The Hall–Kier alpha value is -1.40. The number of nitrogens with zero attached hydrogens (tertiary/aromatic N) is 2. The lowest BCUT2D eigenvalue weighted by atomic mass is 10.2. The standard InChI is InChI=1S/C13H11BrFN3S/c1-7(12-3-2-4-19-12)18-11-5-8(14)9(15)6-10(11)17-13(18)16/h2-7H,1H3,(H2,16,17). The van der Waals surface area contributed by atoms with Crippen molar-refractivity contribution >= 4 is 44.2 Å². The summed E-state index contributed by atoms with van der Waals surface area (Å²) in [6.45, 7) is 2.06. The third kappa shape index (κ3) is 2.04. The Kier molecular flexibility index (Phi) is 3.06. The number of benzene rings is 1. The molecule has 0 saturated carbocycles. The monoisotopic (exact) mass is 339 g/mol. The second-order valence-electron chi connectivity index (χ2n) is 4.29. The van der Waals surface area contributed by atoms with Gasteiger partial charge >= 0.3 is 0 Å². The summed E-state index contributed by atoms with van der Waals surface area (Å²) in [5.74, 6) is 0.0642. The third-order valence-corrected chi connectivity index (χ3v) is 4.75. The number of nitrogen functional groups attached to an aromatic ring is 1. The summed E-state index contributed by atoms with van der Waals surface area (Å²) in [6, 6.07) is 7.24. The van der Waals surface area contributed by atoms with Crippen LogP contribution >= 0.6 is 27.3 Å². The molecule has 2 heterocycles. The topological polar surface area (TPSA) is 43.8 Å². The number of fused-ring (bicyclic) bond motifs is 1. The highest BCUT2D eigenvalue weighted by Gasteiger charge is 2.17. The van der Waals surface area contributed by atoms with Gasteiger partial charge in [-0.3, -0.25) is 0 Å². The summed E-state index contributed by atoms with van der Waals surface area (Å²) in [4.78, 5) is 5.42. The van der Waals surface area contributed by atoms with Crippen LogP contribution < -0.4 is 5.73 Å². The van der Waals surface area contributed by atoms with E-state index in [2.05, 4.69) is 33.9 Å². The molecule has 0 saturated heterocycles. The Balaban J connectivity index is 2.23. The number of nitrogens with two attached hydrogens (primary N) is 1. The molecule has 0 aliphatic heterocycles. The molecule has 2 N–H and O–H groups in total. The minimum absolute atomic E-state index is 0.0716. The summed E-state index contributed by atoms with van der Waals surface area (Å²) in [5.41, 5.74) is 7.38. The van der Waals surface area contributed by atoms with Gasteiger partial charge in [-0.2, -0.15) is 0 Å². The van der Waals surface area contributed by atoms with Crippen LogP contribution in [0.15, 0.2) is 34.1 Å². The molecule has 6 heteroatoms. The van der Waals surface area contributed by atoms with Gasteiger partial charge in [-0.15, -0.1) is 11.3 Å². The van der Waals surface area contributed by atoms with Crippen LogP contribution in [0, 0.1) is 5.82 Å². The van der Waals surface area contributed by atoms with Crippen molar-refractivity contribution in [3.8, 4) is 0 Å². The van der Waals surface area contributed by atoms with Gasteiger partial charge < -0.3 is 10.3 Å². The van der Waals surface area contributed by atoms with Gasteiger partial charge in [-0.05, 0) is 40.4 Å². The van der Waals surface area contributed by atoms with Crippen LogP contribution in [0.2, 0.25) is 0 Å². The number of thiophene rings is 1. The van der Waals surface area contributed by atoms with Gasteiger partial charge in [0.1, 0.15) is 5.82 Å². The molecule has 3 nitrogen and oxygen atoms in total.